The lowest BCUT2D eigenvalue weighted by Gasteiger charge is -2.19. The van der Waals surface area contributed by atoms with Gasteiger partial charge in [-0.15, -0.1) is 0 Å². The third kappa shape index (κ3) is 1.46. The lowest BCUT2D eigenvalue weighted by molar-refractivity contribution is 0.556. The van der Waals surface area contributed by atoms with Crippen molar-refractivity contribution in [3.05, 3.63) is 40.1 Å². The molecular formula is C10H10FNO. The van der Waals surface area contributed by atoms with Crippen LogP contribution >= 0.6 is 0 Å². The van der Waals surface area contributed by atoms with Gasteiger partial charge in [0.1, 0.15) is 11.9 Å². The molecule has 0 amide bonds. The van der Waals surface area contributed by atoms with Crippen LogP contribution in [0.3, 0.4) is 0 Å². The molecular weight excluding hydrogens is 169 g/mol. The molecule has 1 aromatic carbocycles. The molecule has 0 radical (unpaired) electrons. The van der Waals surface area contributed by atoms with E-state index in [1.165, 1.54) is 12.1 Å². The van der Waals surface area contributed by atoms with Crippen LogP contribution in [0.25, 0.3) is 0 Å². The Morgan fingerprint density at radius 3 is 3.08 bits per heavy atom. The molecule has 0 aromatic heterocycles. The van der Waals surface area contributed by atoms with Gasteiger partial charge in [-0.05, 0) is 42.5 Å². The quantitative estimate of drug-likeness (QED) is 0.609. The molecule has 1 aliphatic carbocycles. The molecule has 0 saturated heterocycles. The Morgan fingerprint density at radius 2 is 2.31 bits per heavy atom. The summed E-state index contributed by atoms with van der Waals surface area (Å²) in [5, 5.41) is 3.01. The van der Waals surface area contributed by atoms with E-state index in [-0.39, 0.29) is 11.9 Å². The molecule has 0 saturated carbocycles. The van der Waals surface area contributed by atoms with Crippen molar-refractivity contribution in [2.45, 2.75) is 25.3 Å². The fourth-order valence-electron chi connectivity index (χ4n) is 1.85. The number of rotatable bonds is 1. The summed E-state index contributed by atoms with van der Waals surface area (Å²) in [7, 11) is 0. The Bertz CT molecular complexity index is 338. The van der Waals surface area contributed by atoms with E-state index in [4.69, 9.17) is 0 Å². The van der Waals surface area contributed by atoms with Crippen molar-refractivity contribution >= 4 is 0 Å². The van der Waals surface area contributed by atoms with Crippen LogP contribution in [0, 0.1) is 10.7 Å². The maximum Gasteiger partial charge on any atom is 0.123 e. The SMILES string of the molecule is O=NC1CCCc2ccc(F)cc21. The molecule has 0 fully saturated rings. The number of hydrogen-bond acceptors (Lipinski definition) is 2. The predicted octanol–water partition coefficient (Wildman–Crippen LogP) is 2.97. The van der Waals surface area contributed by atoms with Crippen molar-refractivity contribution in [3.8, 4) is 0 Å². The minimum atomic E-state index is -0.334. The van der Waals surface area contributed by atoms with Gasteiger partial charge in [0.2, 0.25) is 0 Å². The molecule has 0 spiro atoms. The zero-order chi connectivity index (χ0) is 9.26. The van der Waals surface area contributed by atoms with Crippen molar-refractivity contribution in [1.29, 1.82) is 0 Å². The zero-order valence-corrected chi connectivity index (χ0v) is 7.16. The van der Waals surface area contributed by atoms with Crippen molar-refractivity contribution in [2.24, 2.45) is 5.18 Å². The molecule has 13 heavy (non-hydrogen) atoms. The van der Waals surface area contributed by atoms with Gasteiger partial charge in [-0.3, -0.25) is 0 Å². The van der Waals surface area contributed by atoms with Gasteiger partial charge in [0.05, 0.1) is 0 Å². The highest BCUT2D eigenvalue weighted by molar-refractivity contribution is 5.32. The first-order valence-electron chi connectivity index (χ1n) is 4.42. The Hall–Kier alpha value is -1.25. The number of aryl methyl sites for hydroxylation is 1. The fraction of sp³-hybridized carbons (Fsp3) is 0.400. The smallest absolute Gasteiger partial charge is 0.123 e. The predicted molar refractivity (Wildman–Crippen MR) is 47.9 cm³/mol. The molecule has 68 valence electrons. The average Bonchev–Trinajstić information content (AvgIpc) is 2.17. The van der Waals surface area contributed by atoms with Crippen LogP contribution in [0.15, 0.2) is 23.4 Å². The van der Waals surface area contributed by atoms with Gasteiger partial charge >= 0.3 is 0 Å². The molecule has 0 N–H and O–H groups in total. The Morgan fingerprint density at radius 1 is 1.46 bits per heavy atom. The number of halogens is 1. The van der Waals surface area contributed by atoms with Gasteiger partial charge in [-0.1, -0.05) is 11.2 Å². The van der Waals surface area contributed by atoms with E-state index in [1.807, 2.05) is 0 Å². The van der Waals surface area contributed by atoms with Gasteiger partial charge in [-0.2, -0.15) is 4.91 Å². The molecule has 1 atom stereocenters. The Labute approximate surface area is 75.7 Å². The molecule has 2 nitrogen and oxygen atoms in total. The van der Waals surface area contributed by atoms with Crippen molar-refractivity contribution in [2.75, 3.05) is 0 Å². The summed E-state index contributed by atoms with van der Waals surface area (Å²) in [5.74, 6) is -0.283. The number of nitrogens with zero attached hydrogens (tertiary/aromatic N) is 1. The summed E-state index contributed by atoms with van der Waals surface area (Å²) in [6, 6.07) is 4.29. The Kier molecular flexibility index (Phi) is 2.08. The van der Waals surface area contributed by atoms with Crippen LogP contribution in [0.5, 0.6) is 0 Å². The van der Waals surface area contributed by atoms with E-state index in [9.17, 15) is 9.30 Å². The zero-order valence-electron chi connectivity index (χ0n) is 7.16. The molecule has 0 bridgehead atoms. The first kappa shape index (κ1) is 8.35. The monoisotopic (exact) mass is 179 g/mol. The second-order valence-corrected chi connectivity index (χ2v) is 3.36. The largest absolute Gasteiger partial charge is 0.207 e. The second-order valence-electron chi connectivity index (χ2n) is 3.36. The van der Waals surface area contributed by atoms with E-state index in [2.05, 4.69) is 5.18 Å². The minimum absolute atomic E-state index is 0.283. The molecule has 1 aliphatic rings. The summed E-state index contributed by atoms with van der Waals surface area (Å²) >= 11 is 0. The first-order chi connectivity index (χ1) is 6.31. The van der Waals surface area contributed by atoms with Crippen LogP contribution < -0.4 is 0 Å². The molecule has 1 unspecified atom stereocenters. The summed E-state index contributed by atoms with van der Waals surface area (Å²) in [6.45, 7) is 0. The highest BCUT2D eigenvalue weighted by Crippen LogP contribution is 2.32. The lowest BCUT2D eigenvalue weighted by Crippen LogP contribution is -2.07. The van der Waals surface area contributed by atoms with Crippen LogP contribution in [0.2, 0.25) is 0 Å². The van der Waals surface area contributed by atoms with Crippen molar-refractivity contribution in [1.82, 2.24) is 0 Å². The van der Waals surface area contributed by atoms with Gasteiger partial charge < -0.3 is 0 Å². The number of benzene rings is 1. The standard InChI is InChI=1S/C10H10FNO/c11-8-5-4-7-2-1-3-10(12-13)9(7)6-8/h4-6,10H,1-3H2. The minimum Gasteiger partial charge on any atom is -0.207 e. The molecule has 3 heteroatoms. The fourth-order valence-corrected chi connectivity index (χ4v) is 1.85. The second kappa shape index (κ2) is 3.24. The maximum absolute atomic E-state index is 12.9. The summed E-state index contributed by atoms with van der Waals surface area (Å²) in [4.78, 5) is 10.5. The highest BCUT2D eigenvalue weighted by Gasteiger charge is 2.20. The summed E-state index contributed by atoms with van der Waals surface area (Å²) in [5.41, 5.74) is 1.85. The van der Waals surface area contributed by atoms with Crippen molar-refractivity contribution in [3.63, 3.8) is 0 Å². The number of fused-ring (bicyclic) bond motifs is 1. The third-order valence-electron chi connectivity index (χ3n) is 2.52. The van der Waals surface area contributed by atoms with Crippen LogP contribution in [-0.4, -0.2) is 0 Å². The van der Waals surface area contributed by atoms with Gasteiger partial charge in [-0.25, -0.2) is 4.39 Å². The third-order valence-corrected chi connectivity index (χ3v) is 2.52. The van der Waals surface area contributed by atoms with Gasteiger partial charge in [0.25, 0.3) is 0 Å². The van der Waals surface area contributed by atoms with Crippen molar-refractivity contribution < 1.29 is 4.39 Å². The summed E-state index contributed by atoms with van der Waals surface area (Å²) in [6.07, 6.45) is 2.65. The Balaban J connectivity index is 2.47. The van der Waals surface area contributed by atoms with E-state index in [0.717, 1.165) is 30.4 Å². The number of nitroso groups, excluding NO2 is 1. The van der Waals surface area contributed by atoms with Crippen LogP contribution in [0.1, 0.15) is 30.0 Å². The topological polar surface area (TPSA) is 29.4 Å². The summed E-state index contributed by atoms with van der Waals surface area (Å²) < 4.78 is 12.9. The maximum atomic E-state index is 12.9. The first-order valence-corrected chi connectivity index (χ1v) is 4.42. The van der Waals surface area contributed by atoms with Gasteiger partial charge in [0.15, 0.2) is 0 Å². The van der Waals surface area contributed by atoms with Gasteiger partial charge in [0, 0.05) is 0 Å². The highest BCUT2D eigenvalue weighted by atomic mass is 19.1. The molecule has 1 aromatic rings. The normalized spacial score (nSPS) is 20.8. The van der Waals surface area contributed by atoms with E-state index in [0.29, 0.717) is 0 Å². The lowest BCUT2D eigenvalue weighted by atomic mass is 9.88. The van der Waals surface area contributed by atoms with E-state index in [1.54, 1.807) is 6.07 Å². The average molecular weight is 179 g/mol. The van der Waals surface area contributed by atoms with E-state index >= 15 is 0 Å². The molecule has 0 heterocycles. The molecule has 2 rings (SSSR count). The number of hydrogen-bond donors (Lipinski definition) is 0. The molecule has 0 aliphatic heterocycles. The van der Waals surface area contributed by atoms with E-state index < -0.39 is 0 Å². The van der Waals surface area contributed by atoms with Crippen LogP contribution in [-0.2, 0) is 6.42 Å². The van der Waals surface area contributed by atoms with Crippen LogP contribution in [0.4, 0.5) is 4.39 Å².